The lowest BCUT2D eigenvalue weighted by molar-refractivity contribution is -0.121. The third-order valence-electron chi connectivity index (χ3n) is 4.79. The molecule has 158 valence electrons. The largest absolute Gasteiger partial charge is 0.493 e. The fraction of sp³-hybridized carbons (Fsp3) is 0.333. The third-order valence-corrected chi connectivity index (χ3v) is 6.27. The van der Waals surface area contributed by atoms with Crippen LogP contribution in [0.5, 0.6) is 11.5 Å². The first kappa shape index (κ1) is 22.4. The zero-order valence-electron chi connectivity index (χ0n) is 17.8. The van der Waals surface area contributed by atoms with Gasteiger partial charge >= 0.3 is 0 Å². The summed E-state index contributed by atoms with van der Waals surface area (Å²) >= 11 is 6.51. The van der Waals surface area contributed by atoms with Crippen molar-refractivity contribution in [2.75, 3.05) is 20.3 Å². The topological polar surface area (TPSA) is 38.8 Å². The highest BCUT2D eigenvalue weighted by Gasteiger charge is 2.28. The Bertz CT molecular complexity index is 969. The van der Waals surface area contributed by atoms with Crippen molar-refractivity contribution >= 4 is 40.3 Å². The summed E-state index contributed by atoms with van der Waals surface area (Å²) in [5.41, 5.74) is 3.28. The number of thiocarbonyl (C=S) groups is 1. The molecule has 1 aliphatic rings. The Morgan fingerprint density at radius 1 is 1.10 bits per heavy atom. The number of aryl methyl sites for hydroxylation is 1. The van der Waals surface area contributed by atoms with Crippen LogP contribution in [0.25, 0.3) is 6.08 Å². The maximum absolute atomic E-state index is 12.3. The van der Waals surface area contributed by atoms with Crippen LogP contribution in [0.4, 0.5) is 0 Å². The Hall–Kier alpha value is -2.31. The summed E-state index contributed by atoms with van der Waals surface area (Å²) in [6.45, 7) is 7.53. The van der Waals surface area contributed by atoms with Crippen LogP contribution in [0.2, 0.25) is 0 Å². The van der Waals surface area contributed by atoms with Crippen LogP contribution >= 0.6 is 24.0 Å². The zero-order chi connectivity index (χ0) is 21.7. The highest BCUT2D eigenvalue weighted by molar-refractivity contribution is 8.26. The Morgan fingerprint density at radius 3 is 2.47 bits per heavy atom. The van der Waals surface area contributed by atoms with E-state index in [1.54, 1.807) is 7.05 Å². The van der Waals surface area contributed by atoms with Crippen molar-refractivity contribution < 1.29 is 14.3 Å². The summed E-state index contributed by atoms with van der Waals surface area (Å²) in [5, 5.41) is 0. The van der Waals surface area contributed by atoms with Crippen LogP contribution in [-0.4, -0.2) is 35.4 Å². The predicted molar refractivity (Wildman–Crippen MR) is 128 cm³/mol. The second-order valence-electron chi connectivity index (χ2n) is 7.53. The van der Waals surface area contributed by atoms with Gasteiger partial charge in [0, 0.05) is 19.0 Å². The van der Waals surface area contributed by atoms with E-state index < -0.39 is 0 Å². The average molecular weight is 442 g/mol. The minimum Gasteiger partial charge on any atom is -0.493 e. The van der Waals surface area contributed by atoms with E-state index in [4.69, 9.17) is 21.7 Å². The van der Waals surface area contributed by atoms with Crippen molar-refractivity contribution in [3.05, 3.63) is 64.1 Å². The van der Waals surface area contributed by atoms with Crippen LogP contribution < -0.4 is 9.47 Å². The lowest BCUT2D eigenvalue weighted by Crippen LogP contribution is -2.22. The lowest BCUT2D eigenvalue weighted by atomic mass is 10.0. The van der Waals surface area contributed by atoms with Crippen molar-refractivity contribution in [3.63, 3.8) is 0 Å². The van der Waals surface area contributed by atoms with Crippen molar-refractivity contribution in [2.24, 2.45) is 0 Å². The van der Waals surface area contributed by atoms with Crippen molar-refractivity contribution in [2.45, 2.75) is 33.1 Å². The van der Waals surface area contributed by atoms with Gasteiger partial charge in [-0.05, 0) is 42.2 Å². The summed E-state index contributed by atoms with van der Waals surface area (Å²) in [5.74, 6) is 2.04. The minimum atomic E-state index is -0.0766. The number of carbonyl (C=O) groups is 1. The standard InChI is InChI=1S/C24H27NO3S2/c1-16(2)19-11-10-17(3)14-21(19)28-13-7-12-27-20-9-6-5-8-18(20)15-22-23(26)25(4)24(29)30-22/h5-6,8-11,14-16H,7,12-13H2,1-4H3. The van der Waals surface area contributed by atoms with Gasteiger partial charge in [-0.1, -0.05) is 68.2 Å². The number of amides is 1. The van der Waals surface area contributed by atoms with Gasteiger partial charge in [0.15, 0.2) is 0 Å². The smallest absolute Gasteiger partial charge is 0.265 e. The Kier molecular flexibility index (Phi) is 7.56. The number of para-hydroxylation sites is 1. The first-order chi connectivity index (χ1) is 14.4. The number of ether oxygens (including phenoxy) is 2. The number of benzene rings is 2. The molecular formula is C24H27NO3S2. The molecule has 0 saturated carbocycles. The molecule has 0 atom stereocenters. The molecule has 0 bridgehead atoms. The fourth-order valence-corrected chi connectivity index (χ4v) is 4.26. The SMILES string of the molecule is Cc1ccc(C(C)C)c(OCCCOc2ccccc2C=C2SC(=S)N(C)C2=O)c1. The van der Waals surface area contributed by atoms with Crippen molar-refractivity contribution in [3.8, 4) is 11.5 Å². The molecule has 1 saturated heterocycles. The summed E-state index contributed by atoms with van der Waals surface area (Å²) < 4.78 is 12.6. The Balaban J connectivity index is 1.58. The number of likely N-dealkylation sites (N-methyl/N-ethyl adjacent to an activating group) is 1. The Labute approximate surface area is 188 Å². The quantitative estimate of drug-likeness (QED) is 0.294. The van der Waals surface area contributed by atoms with E-state index in [-0.39, 0.29) is 5.91 Å². The molecule has 0 spiro atoms. The molecule has 1 heterocycles. The first-order valence-corrected chi connectivity index (χ1v) is 11.3. The molecule has 1 aliphatic heterocycles. The predicted octanol–water partition coefficient (Wildman–Crippen LogP) is 5.80. The van der Waals surface area contributed by atoms with Crippen LogP contribution in [0.1, 0.15) is 42.9 Å². The molecule has 0 aromatic heterocycles. The number of hydrogen-bond acceptors (Lipinski definition) is 5. The van der Waals surface area contributed by atoms with Gasteiger partial charge in [-0.3, -0.25) is 9.69 Å². The van der Waals surface area contributed by atoms with E-state index in [9.17, 15) is 4.79 Å². The second-order valence-corrected chi connectivity index (χ2v) is 9.20. The number of carbonyl (C=O) groups excluding carboxylic acids is 1. The van der Waals surface area contributed by atoms with E-state index in [1.807, 2.05) is 30.3 Å². The van der Waals surface area contributed by atoms with Gasteiger partial charge < -0.3 is 9.47 Å². The third kappa shape index (κ3) is 5.43. The van der Waals surface area contributed by atoms with Gasteiger partial charge in [0.25, 0.3) is 5.91 Å². The number of hydrogen-bond donors (Lipinski definition) is 0. The molecule has 1 amide bonds. The fourth-order valence-electron chi connectivity index (χ4n) is 3.08. The molecule has 30 heavy (non-hydrogen) atoms. The van der Waals surface area contributed by atoms with Gasteiger partial charge in [-0.2, -0.15) is 0 Å². The number of nitrogens with zero attached hydrogens (tertiary/aromatic N) is 1. The first-order valence-electron chi connectivity index (χ1n) is 10.0. The summed E-state index contributed by atoms with van der Waals surface area (Å²) in [6, 6.07) is 14.1. The monoisotopic (exact) mass is 441 g/mol. The molecule has 0 aliphatic carbocycles. The van der Waals surface area contributed by atoms with Crippen LogP contribution in [0.3, 0.4) is 0 Å². The van der Waals surface area contributed by atoms with Gasteiger partial charge in [-0.25, -0.2) is 0 Å². The molecule has 2 aromatic carbocycles. The van der Waals surface area contributed by atoms with E-state index >= 15 is 0 Å². The van der Waals surface area contributed by atoms with Crippen molar-refractivity contribution in [1.82, 2.24) is 4.90 Å². The van der Waals surface area contributed by atoms with E-state index in [0.29, 0.717) is 28.4 Å². The summed E-state index contributed by atoms with van der Waals surface area (Å²) in [4.78, 5) is 14.4. The van der Waals surface area contributed by atoms with E-state index in [2.05, 4.69) is 39.0 Å². The maximum atomic E-state index is 12.3. The molecule has 2 aromatic rings. The van der Waals surface area contributed by atoms with Crippen LogP contribution in [0, 0.1) is 6.92 Å². The molecule has 0 radical (unpaired) electrons. The average Bonchev–Trinajstić information content (AvgIpc) is 2.95. The number of thioether (sulfide) groups is 1. The normalized spacial score (nSPS) is 15.4. The van der Waals surface area contributed by atoms with Crippen LogP contribution in [-0.2, 0) is 4.79 Å². The van der Waals surface area contributed by atoms with Gasteiger partial charge in [0.05, 0.1) is 18.1 Å². The highest BCUT2D eigenvalue weighted by atomic mass is 32.2. The molecule has 0 N–H and O–H groups in total. The zero-order valence-corrected chi connectivity index (χ0v) is 19.4. The van der Waals surface area contributed by atoms with Crippen LogP contribution in [0.15, 0.2) is 47.4 Å². The molecule has 3 rings (SSSR count). The molecule has 1 fully saturated rings. The maximum Gasteiger partial charge on any atom is 0.265 e. The number of rotatable bonds is 8. The van der Waals surface area contributed by atoms with Gasteiger partial charge in [0.1, 0.15) is 15.8 Å². The lowest BCUT2D eigenvalue weighted by Gasteiger charge is -2.15. The van der Waals surface area contributed by atoms with E-state index in [0.717, 1.165) is 23.5 Å². The van der Waals surface area contributed by atoms with Gasteiger partial charge in [-0.15, -0.1) is 0 Å². The van der Waals surface area contributed by atoms with Gasteiger partial charge in [0.2, 0.25) is 0 Å². The highest BCUT2D eigenvalue weighted by Crippen LogP contribution is 2.33. The summed E-state index contributed by atoms with van der Waals surface area (Å²) in [7, 11) is 1.69. The molecule has 6 heteroatoms. The molecule has 4 nitrogen and oxygen atoms in total. The Morgan fingerprint density at radius 2 is 1.80 bits per heavy atom. The van der Waals surface area contributed by atoms with E-state index in [1.165, 1.54) is 27.8 Å². The van der Waals surface area contributed by atoms with Crippen molar-refractivity contribution in [1.29, 1.82) is 0 Å². The minimum absolute atomic E-state index is 0.0766. The molecule has 0 unspecified atom stereocenters. The second kappa shape index (κ2) is 10.1. The molecular weight excluding hydrogens is 414 g/mol. The summed E-state index contributed by atoms with van der Waals surface area (Å²) in [6.07, 6.45) is 2.60.